The molecule has 2 unspecified atom stereocenters. The number of nitrogens with one attached hydrogen (secondary N) is 1. The summed E-state index contributed by atoms with van der Waals surface area (Å²) in [5.41, 5.74) is 0. The summed E-state index contributed by atoms with van der Waals surface area (Å²) in [6.07, 6.45) is 5.52. The average molecular weight is 223 g/mol. The van der Waals surface area contributed by atoms with Crippen LogP contribution in [0, 0.1) is 11.8 Å². The highest BCUT2D eigenvalue weighted by Crippen LogP contribution is 2.30. The Kier molecular flexibility index (Phi) is 4.21. The van der Waals surface area contributed by atoms with Crippen molar-refractivity contribution in [2.75, 3.05) is 13.1 Å². The summed E-state index contributed by atoms with van der Waals surface area (Å²) in [6.45, 7) is 4.77. The molecule has 0 bridgehead atoms. The number of thiophene rings is 1. The summed E-state index contributed by atoms with van der Waals surface area (Å²) >= 11 is 1.87. The number of hydrogen-bond acceptors (Lipinski definition) is 2. The first-order valence-corrected chi connectivity index (χ1v) is 6.97. The zero-order valence-corrected chi connectivity index (χ0v) is 10.4. The highest BCUT2D eigenvalue weighted by atomic mass is 32.1. The summed E-state index contributed by atoms with van der Waals surface area (Å²) in [6, 6.07) is 4.36. The lowest BCUT2D eigenvalue weighted by molar-refractivity contribution is 0.394. The normalized spacial score (nSPS) is 25.9. The summed E-state index contributed by atoms with van der Waals surface area (Å²) < 4.78 is 0. The second kappa shape index (κ2) is 5.66. The Morgan fingerprint density at radius 1 is 1.47 bits per heavy atom. The van der Waals surface area contributed by atoms with Gasteiger partial charge in [0.05, 0.1) is 0 Å². The van der Waals surface area contributed by atoms with Crippen LogP contribution < -0.4 is 5.32 Å². The van der Waals surface area contributed by atoms with Gasteiger partial charge in [-0.3, -0.25) is 0 Å². The van der Waals surface area contributed by atoms with Crippen molar-refractivity contribution in [1.82, 2.24) is 5.32 Å². The standard InChI is InChI=1S/C13H21NS/c1-11-4-2-5-12(11)10-14-8-7-13-6-3-9-15-13/h3,6,9,11-12,14H,2,4-5,7-8,10H2,1H3. The van der Waals surface area contributed by atoms with E-state index < -0.39 is 0 Å². The molecule has 15 heavy (non-hydrogen) atoms. The Labute approximate surface area is 96.9 Å². The first kappa shape index (κ1) is 11.2. The highest BCUT2D eigenvalue weighted by molar-refractivity contribution is 7.09. The van der Waals surface area contributed by atoms with Crippen molar-refractivity contribution in [2.45, 2.75) is 32.6 Å². The zero-order chi connectivity index (χ0) is 10.5. The van der Waals surface area contributed by atoms with Crippen molar-refractivity contribution in [1.29, 1.82) is 0 Å². The van der Waals surface area contributed by atoms with Gasteiger partial charge >= 0.3 is 0 Å². The third-order valence-corrected chi connectivity index (χ3v) is 4.51. The zero-order valence-electron chi connectivity index (χ0n) is 9.54. The van der Waals surface area contributed by atoms with Crippen molar-refractivity contribution >= 4 is 11.3 Å². The van der Waals surface area contributed by atoms with Gasteiger partial charge in [-0.1, -0.05) is 25.8 Å². The fourth-order valence-electron chi connectivity index (χ4n) is 2.48. The van der Waals surface area contributed by atoms with Gasteiger partial charge in [-0.2, -0.15) is 0 Å². The Balaban J connectivity index is 1.59. The van der Waals surface area contributed by atoms with Crippen molar-refractivity contribution < 1.29 is 0 Å². The predicted molar refractivity (Wildman–Crippen MR) is 67.4 cm³/mol. The van der Waals surface area contributed by atoms with Gasteiger partial charge < -0.3 is 5.32 Å². The van der Waals surface area contributed by atoms with Crippen LogP contribution in [0.25, 0.3) is 0 Å². The van der Waals surface area contributed by atoms with Crippen LogP contribution in [0.3, 0.4) is 0 Å². The van der Waals surface area contributed by atoms with E-state index in [0.29, 0.717) is 0 Å². The van der Waals surface area contributed by atoms with Gasteiger partial charge in [0.1, 0.15) is 0 Å². The molecule has 2 rings (SSSR count). The van der Waals surface area contributed by atoms with Gasteiger partial charge in [0, 0.05) is 4.88 Å². The fraction of sp³-hybridized carbons (Fsp3) is 0.692. The molecule has 1 fully saturated rings. The molecule has 1 heterocycles. The van der Waals surface area contributed by atoms with Crippen molar-refractivity contribution in [2.24, 2.45) is 11.8 Å². The molecule has 1 aromatic heterocycles. The molecule has 1 aliphatic carbocycles. The van der Waals surface area contributed by atoms with Gasteiger partial charge in [-0.25, -0.2) is 0 Å². The van der Waals surface area contributed by atoms with Gasteiger partial charge in [0.2, 0.25) is 0 Å². The molecule has 1 aliphatic rings. The van der Waals surface area contributed by atoms with E-state index in [-0.39, 0.29) is 0 Å². The van der Waals surface area contributed by atoms with Gasteiger partial charge in [-0.05, 0) is 49.2 Å². The third-order valence-electron chi connectivity index (χ3n) is 3.57. The predicted octanol–water partition coefficient (Wildman–Crippen LogP) is 3.32. The first-order valence-electron chi connectivity index (χ1n) is 6.09. The SMILES string of the molecule is CC1CCCC1CNCCc1cccs1. The van der Waals surface area contributed by atoms with Crippen molar-refractivity contribution in [3.63, 3.8) is 0 Å². The van der Waals surface area contributed by atoms with Crippen LogP contribution in [-0.4, -0.2) is 13.1 Å². The smallest absolute Gasteiger partial charge is 0.00578 e. The minimum atomic E-state index is 0.938. The van der Waals surface area contributed by atoms with E-state index in [1.165, 1.54) is 37.1 Å². The molecule has 0 aliphatic heterocycles. The second-order valence-electron chi connectivity index (χ2n) is 4.70. The molecule has 0 spiro atoms. The van der Waals surface area contributed by atoms with Crippen LogP contribution in [0.4, 0.5) is 0 Å². The van der Waals surface area contributed by atoms with E-state index >= 15 is 0 Å². The monoisotopic (exact) mass is 223 g/mol. The molecule has 0 radical (unpaired) electrons. The van der Waals surface area contributed by atoms with Gasteiger partial charge in [0.25, 0.3) is 0 Å². The molecule has 0 saturated heterocycles. The minimum absolute atomic E-state index is 0.938. The molecule has 1 saturated carbocycles. The molecule has 1 aromatic rings. The minimum Gasteiger partial charge on any atom is -0.316 e. The molecule has 0 amide bonds. The maximum Gasteiger partial charge on any atom is 0.00578 e. The van der Waals surface area contributed by atoms with E-state index in [1.54, 1.807) is 0 Å². The number of hydrogen-bond donors (Lipinski definition) is 1. The summed E-state index contributed by atoms with van der Waals surface area (Å²) in [5, 5.41) is 5.76. The Hall–Kier alpha value is -0.340. The van der Waals surface area contributed by atoms with Gasteiger partial charge in [-0.15, -0.1) is 11.3 Å². The van der Waals surface area contributed by atoms with Crippen molar-refractivity contribution in [3.8, 4) is 0 Å². The fourth-order valence-corrected chi connectivity index (χ4v) is 3.19. The van der Waals surface area contributed by atoms with Crippen molar-refractivity contribution in [3.05, 3.63) is 22.4 Å². The molecular weight excluding hydrogens is 202 g/mol. The lowest BCUT2D eigenvalue weighted by Gasteiger charge is -2.15. The van der Waals surface area contributed by atoms with Crippen LogP contribution in [-0.2, 0) is 6.42 Å². The van der Waals surface area contributed by atoms with E-state index in [9.17, 15) is 0 Å². The molecule has 84 valence electrons. The number of rotatable bonds is 5. The van der Waals surface area contributed by atoms with Crippen LogP contribution in [0.2, 0.25) is 0 Å². The van der Waals surface area contributed by atoms with Gasteiger partial charge in [0.15, 0.2) is 0 Å². The largest absolute Gasteiger partial charge is 0.316 e. The van der Waals surface area contributed by atoms with Crippen LogP contribution in [0.1, 0.15) is 31.1 Å². The highest BCUT2D eigenvalue weighted by Gasteiger charge is 2.22. The van der Waals surface area contributed by atoms with Crippen LogP contribution in [0.5, 0.6) is 0 Å². The van der Waals surface area contributed by atoms with Crippen LogP contribution in [0.15, 0.2) is 17.5 Å². The maximum atomic E-state index is 3.60. The topological polar surface area (TPSA) is 12.0 Å². The lowest BCUT2D eigenvalue weighted by Crippen LogP contribution is -2.26. The Morgan fingerprint density at radius 2 is 2.40 bits per heavy atom. The molecule has 0 aromatic carbocycles. The summed E-state index contributed by atoms with van der Waals surface area (Å²) in [4.78, 5) is 1.50. The molecule has 1 N–H and O–H groups in total. The van der Waals surface area contributed by atoms with E-state index in [4.69, 9.17) is 0 Å². The molecule has 1 nitrogen and oxygen atoms in total. The van der Waals surface area contributed by atoms with E-state index in [1.807, 2.05) is 11.3 Å². The van der Waals surface area contributed by atoms with E-state index in [0.717, 1.165) is 18.4 Å². The quantitative estimate of drug-likeness (QED) is 0.755. The Morgan fingerprint density at radius 3 is 3.07 bits per heavy atom. The first-order chi connectivity index (χ1) is 7.36. The van der Waals surface area contributed by atoms with E-state index in [2.05, 4.69) is 29.8 Å². The Bertz CT molecular complexity index is 268. The maximum absolute atomic E-state index is 3.60. The second-order valence-corrected chi connectivity index (χ2v) is 5.73. The molecular formula is C13H21NS. The molecule has 2 atom stereocenters. The summed E-state index contributed by atoms with van der Waals surface area (Å²) in [5.74, 6) is 1.88. The lowest BCUT2D eigenvalue weighted by atomic mass is 9.98. The van der Waals surface area contributed by atoms with Crippen LogP contribution >= 0.6 is 11.3 Å². The summed E-state index contributed by atoms with van der Waals surface area (Å²) in [7, 11) is 0. The third kappa shape index (κ3) is 3.32. The molecule has 2 heteroatoms. The average Bonchev–Trinajstić information content (AvgIpc) is 2.85.